The van der Waals surface area contributed by atoms with Crippen molar-refractivity contribution in [3.63, 3.8) is 0 Å². The van der Waals surface area contributed by atoms with Crippen molar-refractivity contribution in [3.8, 4) is 0 Å². The predicted octanol–water partition coefficient (Wildman–Crippen LogP) is 5.66. The van der Waals surface area contributed by atoms with Crippen LogP contribution in [0.25, 0.3) is 0 Å². The van der Waals surface area contributed by atoms with Crippen LogP contribution in [0, 0.1) is 35.5 Å². The molecule has 0 radical (unpaired) electrons. The summed E-state index contributed by atoms with van der Waals surface area (Å²) >= 11 is 2.61. The fraction of sp³-hybridized carbons (Fsp3) is 1.00. The van der Waals surface area contributed by atoms with Crippen molar-refractivity contribution in [1.82, 2.24) is 0 Å². The molecule has 0 amide bonds. The maximum absolute atomic E-state index is 2.61. The monoisotopic (exact) mass is 302 g/mol. The van der Waals surface area contributed by atoms with E-state index in [1.165, 1.54) is 0 Å². The summed E-state index contributed by atoms with van der Waals surface area (Å²) < 4.78 is 1.53. The largest absolute Gasteiger partial charge is 0.148 e. The Kier molecular flexibility index (Phi) is 2.46. The Morgan fingerprint density at radius 2 is 0.667 bits per heavy atom. The fourth-order valence-corrected chi connectivity index (χ4v) is 11.6. The molecule has 0 nitrogen and oxygen atoms in total. The summed E-state index contributed by atoms with van der Waals surface area (Å²) in [5, 5.41) is 0. The zero-order valence-corrected chi connectivity index (χ0v) is 14.2. The molecule has 0 saturated heterocycles. The van der Waals surface area contributed by atoms with Crippen LogP contribution in [0.1, 0.15) is 77.0 Å². The smallest absolute Gasteiger partial charge is 0.0173 e. The lowest BCUT2D eigenvalue weighted by Gasteiger charge is -2.63. The van der Waals surface area contributed by atoms with Gasteiger partial charge in [-0.15, -0.1) is 11.8 Å². The summed E-state index contributed by atoms with van der Waals surface area (Å²) in [5.74, 6) is 6.82. The second-order valence-electron chi connectivity index (χ2n) is 10.3. The van der Waals surface area contributed by atoms with E-state index in [0.29, 0.717) is 0 Å². The second kappa shape index (κ2) is 4.05. The van der Waals surface area contributed by atoms with Gasteiger partial charge in [-0.3, -0.25) is 0 Å². The summed E-state index contributed by atoms with van der Waals surface area (Å²) in [4.78, 5) is 0. The lowest BCUT2D eigenvalue weighted by Crippen LogP contribution is -2.55. The van der Waals surface area contributed by atoms with Crippen LogP contribution in [0.2, 0.25) is 0 Å². The summed E-state index contributed by atoms with van der Waals surface area (Å²) in [7, 11) is 0. The lowest BCUT2D eigenvalue weighted by molar-refractivity contribution is 0.0242. The molecule has 0 aromatic heterocycles. The average Bonchev–Trinajstić information content (AvgIpc) is 2.33. The summed E-state index contributed by atoms with van der Waals surface area (Å²) in [6.07, 6.45) is 19.4. The number of hydrogen-bond donors (Lipinski definition) is 0. The molecular weight excluding hydrogens is 272 g/mol. The van der Waals surface area contributed by atoms with Gasteiger partial charge in [0.2, 0.25) is 0 Å². The van der Waals surface area contributed by atoms with E-state index in [1.54, 1.807) is 77.0 Å². The van der Waals surface area contributed by atoms with E-state index in [4.69, 9.17) is 0 Å². The zero-order valence-electron chi connectivity index (χ0n) is 13.4. The van der Waals surface area contributed by atoms with Gasteiger partial charge in [0, 0.05) is 9.49 Å². The molecule has 0 aromatic rings. The van der Waals surface area contributed by atoms with E-state index in [1.807, 2.05) is 0 Å². The molecule has 0 unspecified atom stereocenters. The first-order valence-corrected chi connectivity index (χ1v) is 10.7. The molecule has 1 heteroatoms. The maximum Gasteiger partial charge on any atom is 0.0173 e. The Balaban J connectivity index is 1.31. The third-order valence-electron chi connectivity index (χ3n) is 8.40. The van der Waals surface area contributed by atoms with Gasteiger partial charge >= 0.3 is 0 Å². The highest BCUT2D eigenvalue weighted by molar-refractivity contribution is 8.02. The average molecular weight is 303 g/mol. The van der Waals surface area contributed by atoms with Crippen molar-refractivity contribution in [2.45, 2.75) is 86.5 Å². The van der Waals surface area contributed by atoms with E-state index >= 15 is 0 Å². The quantitative estimate of drug-likeness (QED) is 0.634. The Hall–Kier alpha value is 0.350. The van der Waals surface area contributed by atoms with E-state index in [-0.39, 0.29) is 0 Å². The Labute approximate surface area is 134 Å². The lowest BCUT2D eigenvalue weighted by atomic mass is 9.55. The third-order valence-corrected chi connectivity index (χ3v) is 10.3. The maximum atomic E-state index is 2.61. The van der Waals surface area contributed by atoms with Gasteiger partial charge in [0.25, 0.3) is 0 Å². The van der Waals surface area contributed by atoms with Gasteiger partial charge in [-0.1, -0.05) is 0 Å². The standard InChI is InChI=1S/C20H30S/c1-13-2-15-3-14(1)8-19(7-13,9-15)21-20-10-16-4-17(11-20)6-18(5-16)12-20/h13-18H,1-12H2. The molecule has 21 heavy (non-hydrogen) atoms. The molecule has 116 valence electrons. The molecule has 8 rings (SSSR count). The first kappa shape index (κ1) is 12.7. The molecule has 8 fully saturated rings. The molecule has 0 aliphatic heterocycles. The molecule has 0 atom stereocenters. The Morgan fingerprint density at radius 1 is 0.429 bits per heavy atom. The fourth-order valence-electron chi connectivity index (χ4n) is 8.77. The van der Waals surface area contributed by atoms with Crippen LogP contribution in [-0.2, 0) is 0 Å². The van der Waals surface area contributed by atoms with Gasteiger partial charge in [0.15, 0.2) is 0 Å². The van der Waals surface area contributed by atoms with Crippen LogP contribution < -0.4 is 0 Å². The van der Waals surface area contributed by atoms with Gasteiger partial charge in [0.1, 0.15) is 0 Å². The SMILES string of the molecule is C1C2CC3CC1CC(SC14CC5CC(CC(C5)C1)C4)(C2)C3. The molecule has 8 aliphatic carbocycles. The molecular formula is C20H30S. The molecule has 0 aromatic carbocycles. The topological polar surface area (TPSA) is 0 Å². The first-order valence-electron chi connectivity index (χ1n) is 9.88. The van der Waals surface area contributed by atoms with Crippen molar-refractivity contribution >= 4 is 11.8 Å². The number of thioether (sulfide) groups is 1. The molecule has 0 N–H and O–H groups in total. The summed E-state index contributed by atoms with van der Waals surface area (Å²) in [5.41, 5.74) is 0. The molecule has 0 spiro atoms. The molecule has 8 saturated carbocycles. The van der Waals surface area contributed by atoms with E-state index in [9.17, 15) is 0 Å². The Morgan fingerprint density at radius 3 is 0.905 bits per heavy atom. The van der Waals surface area contributed by atoms with Crippen LogP contribution in [0.5, 0.6) is 0 Å². The molecule has 8 bridgehead atoms. The van der Waals surface area contributed by atoms with Crippen molar-refractivity contribution in [1.29, 1.82) is 0 Å². The predicted molar refractivity (Wildman–Crippen MR) is 89.4 cm³/mol. The van der Waals surface area contributed by atoms with E-state index in [0.717, 1.165) is 45.0 Å². The Bertz CT molecular complexity index is 352. The number of hydrogen-bond acceptors (Lipinski definition) is 1. The second-order valence-corrected chi connectivity index (χ2v) is 12.2. The minimum absolute atomic E-state index is 0.764. The minimum atomic E-state index is 0.764. The van der Waals surface area contributed by atoms with Gasteiger partial charge in [-0.2, -0.15) is 0 Å². The van der Waals surface area contributed by atoms with Crippen molar-refractivity contribution < 1.29 is 0 Å². The van der Waals surface area contributed by atoms with Crippen molar-refractivity contribution in [2.24, 2.45) is 35.5 Å². The van der Waals surface area contributed by atoms with Crippen molar-refractivity contribution in [3.05, 3.63) is 0 Å². The van der Waals surface area contributed by atoms with Gasteiger partial charge in [-0.05, 0) is 113 Å². The first-order chi connectivity index (χ1) is 10.2. The van der Waals surface area contributed by atoms with Crippen molar-refractivity contribution in [2.75, 3.05) is 0 Å². The van der Waals surface area contributed by atoms with E-state index in [2.05, 4.69) is 11.8 Å². The van der Waals surface area contributed by atoms with Gasteiger partial charge < -0.3 is 0 Å². The number of rotatable bonds is 2. The van der Waals surface area contributed by atoms with E-state index < -0.39 is 0 Å². The van der Waals surface area contributed by atoms with Gasteiger partial charge in [0.05, 0.1) is 0 Å². The van der Waals surface area contributed by atoms with Gasteiger partial charge in [-0.25, -0.2) is 0 Å². The minimum Gasteiger partial charge on any atom is -0.148 e. The molecule has 8 aliphatic rings. The van der Waals surface area contributed by atoms with Crippen LogP contribution in [0.15, 0.2) is 0 Å². The highest BCUT2D eigenvalue weighted by Gasteiger charge is 2.58. The van der Waals surface area contributed by atoms with Crippen LogP contribution in [-0.4, -0.2) is 9.49 Å². The third kappa shape index (κ3) is 1.88. The zero-order chi connectivity index (χ0) is 13.7. The molecule has 0 heterocycles. The highest BCUT2D eigenvalue weighted by Crippen LogP contribution is 2.68. The highest BCUT2D eigenvalue weighted by atomic mass is 32.2. The van der Waals surface area contributed by atoms with Crippen LogP contribution in [0.4, 0.5) is 0 Å². The van der Waals surface area contributed by atoms with Crippen LogP contribution >= 0.6 is 11.8 Å². The summed E-state index contributed by atoms with van der Waals surface area (Å²) in [6.45, 7) is 0. The summed E-state index contributed by atoms with van der Waals surface area (Å²) in [6, 6.07) is 0. The van der Waals surface area contributed by atoms with Crippen LogP contribution in [0.3, 0.4) is 0 Å². The normalized spacial score (nSPS) is 63.4.